The molecule has 1 saturated carbocycles. The smallest absolute Gasteiger partial charge is 0.127 e. The zero-order valence-electron chi connectivity index (χ0n) is 11.6. The number of pyridine rings is 1. The summed E-state index contributed by atoms with van der Waals surface area (Å²) in [7, 11) is 0. The fourth-order valence-corrected chi connectivity index (χ4v) is 2.51. The van der Waals surface area contributed by atoms with Crippen molar-refractivity contribution in [3.63, 3.8) is 0 Å². The van der Waals surface area contributed by atoms with Gasteiger partial charge in [0.1, 0.15) is 5.82 Å². The van der Waals surface area contributed by atoms with Gasteiger partial charge in [-0.2, -0.15) is 0 Å². The normalized spacial score (nSPS) is 23.7. The molecule has 0 saturated heterocycles. The van der Waals surface area contributed by atoms with Crippen LogP contribution in [0.15, 0.2) is 18.3 Å². The number of hydrogen-bond donors (Lipinski definition) is 2. The first kappa shape index (κ1) is 13.2. The van der Waals surface area contributed by atoms with Gasteiger partial charge in [-0.05, 0) is 44.1 Å². The van der Waals surface area contributed by atoms with Gasteiger partial charge in [-0.15, -0.1) is 0 Å². The van der Waals surface area contributed by atoms with Gasteiger partial charge in [-0.25, -0.2) is 4.98 Å². The molecule has 18 heavy (non-hydrogen) atoms. The summed E-state index contributed by atoms with van der Waals surface area (Å²) in [5, 5.41) is 6.97. The summed E-state index contributed by atoms with van der Waals surface area (Å²) in [5.74, 6) is 1.88. The lowest BCUT2D eigenvalue weighted by Gasteiger charge is -2.27. The van der Waals surface area contributed by atoms with Gasteiger partial charge in [-0.3, -0.25) is 0 Å². The Morgan fingerprint density at radius 3 is 2.78 bits per heavy atom. The van der Waals surface area contributed by atoms with Crippen LogP contribution in [-0.2, 0) is 0 Å². The van der Waals surface area contributed by atoms with Crippen LogP contribution in [0.2, 0.25) is 0 Å². The van der Waals surface area contributed by atoms with Crippen LogP contribution in [0.3, 0.4) is 0 Å². The molecule has 0 radical (unpaired) electrons. The number of rotatable bonds is 5. The Bertz CT molecular complexity index is 357. The van der Waals surface area contributed by atoms with E-state index >= 15 is 0 Å². The second-order valence-electron chi connectivity index (χ2n) is 5.46. The Hall–Kier alpha value is -1.25. The quantitative estimate of drug-likeness (QED) is 0.828. The van der Waals surface area contributed by atoms with Crippen molar-refractivity contribution >= 4 is 11.5 Å². The Kier molecular flexibility index (Phi) is 4.85. The van der Waals surface area contributed by atoms with Crippen LogP contribution in [0, 0.1) is 5.92 Å². The molecule has 0 aliphatic heterocycles. The Morgan fingerprint density at radius 2 is 2.06 bits per heavy atom. The third-order valence-electron chi connectivity index (χ3n) is 3.70. The van der Waals surface area contributed by atoms with Gasteiger partial charge in [0, 0.05) is 30.5 Å². The average molecular weight is 247 g/mol. The molecule has 1 aliphatic rings. The molecule has 1 heterocycles. The van der Waals surface area contributed by atoms with Gasteiger partial charge in [0.05, 0.1) is 0 Å². The zero-order chi connectivity index (χ0) is 12.8. The Morgan fingerprint density at radius 1 is 1.28 bits per heavy atom. The third kappa shape index (κ3) is 3.90. The summed E-state index contributed by atoms with van der Waals surface area (Å²) in [6.45, 7) is 5.51. The molecule has 0 bridgehead atoms. The molecule has 1 aromatic heterocycles. The molecule has 100 valence electrons. The number of nitrogens with zero attached hydrogens (tertiary/aromatic N) is 1. The minimum atomic E-state index is 0.641. The van der Waals surface area contributed by atoms with E-state index in [2.05, 4.69) is 41.6 Å². The van der Waals surface area contributed by atoms with E-state index in [1.165, 1.54) is 31.4 Å². The van der Waals surface area contributed by atoms with Gasteiger partial charge < -0.3 is 10.6 Å². The van der Waals surface area contributed by atoms with E-state index in [0.717, 1.165) is 24.7 Å². The van der Waals surface area contributed by atoms with E-state index in [-0.39, 0.29) is 0 Å². The van der Waals surface area contributed by atoms with Crippen molar-refractivity contribution in [3.05, 3.63) is 18.3 Å². The highest BCUT2D eigenvalue weighted by Gasteiger charge is 2.17. The molecule has 1 fully saturated rings. The van der Waals surface area contributed by atoms with Crippen molar-refractivity contribution in [3.8, 4) is 0 Å². The molecule has 3 heteroatoms. The van der Waals surface area contributed by atoms with E-state index in [4.69, 9.17) is 0 Å². The van der Waals surface area contributed by atoms with Crippen molar-refractivity contribution < 1.29 is 0 Å². The molecule has 0 amide bonds. The summed E-state index contributed by atoms with van der Waals surface area (Å²) in [4.78, 5) is 4.33. The van der Waals surface area contributed by atoms with Crippen molar-refractivity contribution in [1.82, 2.24) is 4.98 Å². The van der Waals surface area contributed by atoms with Crippen LogP contribution in [0.5, 0.6) is 0 Å². The molecule has 1 aromatic rings. The fourth-order valence-electron chi connectivity index (χ4n) is 2.51. The predicted octanol–water partition coefficient (Wildman–Crippen LogP) is 3.89. The molecule has 0 atom stereocenters. The van der Waals surface area contributed by atoms with Gasteiger partial charge in [0.15, 0.2) is 0 Å². The summed E-state index contributed by atoms with van der Waals surface area (Å²) in [5.41, 5.74) is 1.20. The lowest BCUT2D eigenvalue weighted by molar-refractivity contribution is 0.361. The van der Waals surface area contributed by atoms with E-state index in [1.807, 2.05) is 6.20 Å². The molecule has 1 aliphatic carbocycles. The third-order valence-corrected chi connectivity index (χ3v) is 3.70. The maximum Gasteiger partial charge on any atom is 0.127 e. The monoisotopic (exact) mass is 247 g/mol. The topological polar surface area (TPSA) is 37.0 Å². The van der Waals surface area contributed by atoms with E-state index in [0.29, 0.717) is 6.04 Å². The predicted molar refractivity (Wildman–Crippen MR) is 78.1 cm³/mol. The zero-order valence-corrected chi connectivity index (χ0v) is 11.6. The largest absolute Gasteiger partial charge is 0.382 e. The molecule has 3 nitrogen and oxygen atoms in total. The number of nitrogens with one attached hydrogen (secondary N) is 2. The molecule has 2 rings (SSSR count). The second-order valence-corrected chi connectivity index (χ2v) is 5.46. The highest BCUT2D eigenvalue weighted by atomic mass is 15.0. The summed E-state index contributed by atoms with van der Waals surface area (Å²) >= 11 is 0. The number of aromatic nitrogens is 1. The Balaban J connectivity index is 1.88. The van der Waals surface area contributed by atoms with E-state index in [1.54, 1.807) is 0 Å². The molecule has 0 unspecified atom stereocenters. The van der Waals surface area contributed by atoms with Crippen LogP contribution < -0.4 is 10.6 Å². The van der Waals surface area contributed by atoms with Crippen molar-refractivity contribution in [1.29, 1.82) is 0 Å². The summed E-state index contributed by atoms with van der Waals surface area (Å²) in [6, 6.07) is 4.82. The first-order valence-corrected chi connectivity index (χ1v) is 7.24. The van der Waals surface area contributed by atoms with E-state index in [9.17, 15) is 0 Å². The van der Waals surface area contributed by atoms with Gasteiger partial charge in [0.2, 0.25) is 0 Å². The number of hydrogen-bond acceptors (Lipinski definition) is 3. The number of anilines is 2. The van der Waals surface area contributed by atoms with Crippen LogP contribution in [0.1, 0.15) is 46.0 Å². The maximum absolute atomic E-state index is 4.33. The summed E-state index contributed by atoms with van der Waals surface area (Å²) < 4.78 is 0. The van der Waals surface area contributed by atoms with Crippen LogP contribution in [0.4, 0.5) is 11.5 Å². The first-order valence-electron chi connectivity index (χ1n) is 7.24. The van der Waals surface area contributed by atoms with Crippen molar-refractivity contribution in [2.45, 2.75) is 52.0 Å². The SMILES string of the molecule is CCCNc1cc(NC2CCC(C)CC2)ccn1. The van der Waals surface area contributed by atoms with Crippen molar-refractivity contribution in [2.75, 3.05) is 17.2 Å². The molecular formula is C15H25N3. The van der Waals surface area contributed by atoms with E-state index < -0.39 is 0 Å². The van der Waals surface area contributed by atoms with Gasteiger partial charge in [-0.1, -0.05) is 13.8 Å². The maximum atomic E-state index is 4.33. The fraction of sp³-hybridized carbons (Fsp3) is 0.667. The van der Waals surface area contributed by atoms with Crippen LogP contribution >= 0.6 is 0 Å². The van der Waals surface area contributed by atoms with Gasteiger partial charge in [0.25, 0.3) is 0 Å². The van der Waals surface area contributed by atoms with Crippen LogP contribution in [0.25, 0.3) is 0 Å². The minimum Gasteiger partial charge on any atom is -0.382 e. The first-order chi connectivity index (χ1) is 8.78. The minimum absolute atomic E-state index is 0.641. The van der Waals surface area contributed by atoms with Gasteiger partial charge >= 0.3 is 0 Å². The second kappa shape index (κ2) is 6.62. The lowest BCUT2D eigenvalue weighted by Crippen LogP contribution is -2.25. The molecule has 0 aromatic carbocycles. The lowest BCUT2D eigenvalue weighted by atomic mass is 9.87. The molecular weight excluding hydrogens is 222 g/mol. The molecule has 2 N–H and O–H groups in total. The van der Waals surface area contributed by atoms with Crippen LogP contribution in [-0.4, -0.2) is 17.6 Å². The average Bonchev–Trinajstić information content (AvgIpc) is 2.40. The summed E-state index contributed by atoms with van der Waals surface area (Å²) in [6.07, 6.45) is 8.29. The Labute approximate surface area is 110 Å². The highest BCUT2D eigenvalue weighted by molar-refractivity contribution is 5.52. The molecule has 0 spiro atoms. The van der Waals surface area contributed by atoms with Crippen molar-refractivity contribution in [2.24, 2.45) is 5.92 Å². The standard InChI is InChI=1S/C15H25N3/c1-3-9-16-15-11-14(8-10-17-15)18-13-6-4-12(2)5-7-13/h8,10-13H,3-7,9H2,1-2H3,(H2,16,17,18). The highest BCUT2D eigenvalue weighted by Crippen LogP contribution is 2.26.